The minimum atomic E-state index is -0.356. The number of carbonyl (C=O) groups excluding carboxylic acids is 1. The van der Waals surface area contributed by atoms with Crippen LogP contribution in [0.3, 0.4) is 0 Å². The number of aromatic amines is 1. The zero-order chi connectivity index (χ0) is 10.7. The third kappa shape index (κ3) is 1.87. The quantitative estimate of drug-likeness (QED) is 0.689. The SMILES string of the molecule is NCC1(C(=O)Nc2ccn[nH]2)CCCC1. The molecule has 5 nitrogen and oxygen atoms in total. The second-order valence-corrected chi connectivity index (χ2v) is 4.12. The lowest BCUT2D eigenvalue weighted by atomic mass is 9.85. The van der Waals surface area contributed by atoms with Crippen LogP contribution in [-0.4, -0.2) is 22.6 Å². The minimum absolute atomic E-state index is 0.0201. The molecular weight excluding hydrogens is 192 g/mol. The summed E-state index contributed by atoms with van der Waals surface area (Å²) in [4.78, 5) is 12.0. The summed E-state index contributed by atoms with van der Waals surface area (Å²) in [6, 6.07) is 1.73. The Morgan fingerprint density at radius 3 is 2.87 bits per heavy atom. The van der Waals surface area contributed by atoms with Crippen molar-refractivity contribution in [2.24, 2.45) is 11.1 Å². The van der Waals surface area contributed by atoms with Gasteiger partial charge in [-0.05, 0) is 12.8 Å². The van der Waals surface area contributed by atoms with Gasteiger partial charge in [0.1, 0.15) is 5.82 Å². The number of carbonyl (C=O) groups is 1. The Labute approximate surface area is 88.4 Å². The van der Waals surface area contributed by atoms with E-state index in [9.17, 15) is 4.79 Å². The van der Waals surface area contributed by atoms with Gasteiger partial charge in [-0.3, -0.25) is 9.89 Å². The van der Waals surface area contributed by atoms with E-state index in [1.807, 2.05) is 0 Å². The van der Waals surface area contributed by atoms with E-state index in [1.165, 1.54) is 0 Å². The van der Waals surface area contributed by atoms with Crippen LogP contribution in [0.5, 0.6) is 0 Å². The molecule has 0 unspecified atom stereocenters. The normalized spacial score (nSPS) is 19.0. The van der Waals surface area contributed by atoms with Crippen LogP contribution < -0.4 is 11.1 Å². The molecule has 82 valence electrons. The molecule has 0 aromatic carbocycles. The Kier molecular flexibility index (Phi) is 2.73. The van der Waals surface area contributed by atoms with Gasteiger partial charge in [0.15, 0.2) is 0 Å². The van der Waals surface area contributed by atoms with Crippen LogP contribution in [0.1, 0.15) is 25.7 Å². The first-order valence-corrected chi connectivity index (χ1v) is 5.28. The van der Waals surface area contributed by atoms with Crippen molar-refractivity contribution in [1.29, 1.82) is 0 Å². The summed E-state index contributed by atoms with van der Waals surface area (Å²) >= 11 is 0. The molecule has 0 aliphatic heterocycles. The van der Waals surface area contributed by atoms with Gasteiger partial charge >= 0.3 is 0 Å². The van der Waals surface area contributed by atoms with Gasteiger partial charge in [-0.2, -0.15) is 5.10 Å². The fourth-order valence-electron chi connectivity index (χ4n) is 2.16. The molecule has 4 N–H and O–H groups in total. The molecule has 0 saturated heterocycles. The predicted octanol–water partition coefficient (Wildman–Crippen LogP) is 0.867. The number of amides is 1. The van der Waals surface area contributed by atoms with Gasteiger partial charge in [-0.1, -0.05) is 12.8 Å². The molecule has 0 spiro atoms. The fourth-order valence-corrected chi connectivity index (χ4v) is 2.16. The molecule has 2 rings (SSSR count). The zero-order valence-electron chi connectivity index (χ0n) is 8.62. The number of H-pyrrole nitrogens is 1. The molecule has 15 heavy (non-hydrogen) atoms. The predicted molar refractivity (Wildman–Crippen MR) is 57.2 cm³/mol. The van der Waals surface area contributed by atoms with Crippen LogP contribution in [-0.2, 0) is 4.79 Å². The molecule has 1 aliphatic carbocycles. The van der Waals surface area contributed by atoms with Gasteiger partial charge in [0.2, 0.25) is 5.91 Å². The highest BCUT2D eigenvalue weighted by molar-refractivity contribution is 5.94. The lowest BCUT2D eigenvalue weighted by Crippen LogP contribution is -2.40. The lowest BCUT2D eigenvalue weighted by molar-refractivity contribution is -0.124. The molecule has 0 radical (unpaired) electrons. The van der Waals surface area contributed by atoms with Crippen molar-refractivity contribution < 1.29 is 4.79 Å². The van der Waals surface area contributed by atoms with Crippen LogP contribution >= 0.6 is 0 Å². The summed E-state index contributed by atoms with van der Waals surface area (Å²) in [6.45, 7) is 0.424. The summed E-state index contributed by atoms with van der Waals surface area (Å²) in [7, 11) is 0. The molecular formula is C10H16N4O. The van der Waals surface area contributed by atoms with Gasteiger partial charge in [0.25, 0.3) is 0 Å². The van der Waals surface area contributed by atoms with Crippen LogP contribution in [0.4, 0.5) is 5.82 Å². The molecule has 1 heterocycles. The largest absolute Gasteiger partial charge is 0.329 e. The summed E-state index contributed by atoms with van der Waals surface area (Å²) in [5.74, 6) is 0.659. The Hall–Kier alpha value is -1.36. The molecule has 1 fully saturated rings. The maximum Gasteiger partial charge on any atom is 0.233 e. The van der Waals surface area contributed by atoms with Crippen LogP contribution in [0, 0.1) is 5.41 Å². The number of nitrogens with zero attached hydrogens (tertiary/aromatic N) is 1. The van der Waals surface area contributed by atoms with Crippen molar-refractivity contribution in [3.8, 4) is 0 Å². The highest BCUT2D eigenvalue weighted by Crippen LogP contribution is 2.37. The Morgan fingerprint density at radius 1 is 1.60 bits per heavy atom. The van der Waals surface area contributed by atoms with Crippen molar-refractivity contribution in [2.75, 3.05) is 11.9 Å². The number of anilines is 1. The first-order valence-electron chi connectivity index (χ1n) is 5.28. The van der Waals surface area contributed by atoms with E-state index in [0.29, 0.717) is 12.4 Å². The van der Waals surface area contributed by atoms with Gasteiger partial charge < -0.3 is 11.1 Å². The van der Waals surface area contributed by atoms with E-state index < -0.39 is 0 Å². The second kappa shape index (κ2) is 4.02. The fraction of sp³-hybridized carbons (Fsp3) is 0.600. The molecule has 1 aliphatic rings. The van der Waals surface area contributed by atoms with Crippen molar-refractivity contribution in [3.63, 3.8) is 0 Å². The third-order valence-corrected chi connectivity index (χ3v) is 3.18. The van der Waals surface area contributed by atoms with Crippen molar-refractivity contribution in [3.05, 3.63) is 12.3 Å². The Morgan fingerprint density at radius 2 is 2.33 bits per heavy atom. The number of hydrogen-bond donors (Lipinski definition) is 3. The first kappa shape index (κ1) is 10.2. The monoisotopic (exact) mass is 208 g/mol. The smallest absolute Gasteiger partial charge is 0.233 e. The standard InChI is InChI=1S/C10H16N4O/c11-7-10(4-1-2-5-10)9(15)13-8-3-6-12-14-8/h3,6H,1-2,4-5,7,11H2,(H2,12,13,14,15). The first-order chi connectivity index (χ1) is 7.27. The molecule has 5 heteroatoms. The molecule has 1 aromatic heterocycles. The topological polar surface area (TPSA) is 83.8 Å². The highest BCUT2D eigenvalue weighted by atomic mass is 16.2. The average Bonchev–Trinajstić information content (AvgIpc) is 2.87. The third-order valence-electron chi connectivity index (χ3n) is 3.18. The minimum Gasteiger partial charge on any atom is -0.329 e. The molecule has 0 bridgehead atoms. The van der Waals surface area contributed by atoms with Gasteiger partial charge in [0, 0.05) is 12.6 Å². The number of rotatable bonds is 3. The van der Waals surface area contributed by atoms with Crippen molar-refractivity contribution in [1.82, 2.24) is 10.2 Å². The van der Waals surface area contributed by atoms with E-state index in [-0.39, 0.29) is 11.3 Å². The van der Waals surface area contributed by atoms with E-state index in [2.05, 4.69) is 15.5 Å². The summed E-state index contributed by atoms with van der Waals surface area (Å²) in [5, 5.41) is 9.31. The molecule has 1 saturated carbocycles. The summed E-state index contributed by atoms with van der Waals surface area (Å²) in [6.07, 6.45) is 5.58. The van der Waals surface area contributed by atoms with Crippen LogP contribution in [0.15, 0.2) is 12.3 Å². The molecule has 1 amide bonds. The van der Waals surface area contributed by atoms with Gasteiger partial charge in [0.05, 0.1) is 11.6 Å². The average molecular weight is 208 g/mol. The Bertz CT molecular complexity index is 327. The number of hydrogen-bond acceptors (Lipinski definition) is 3. The lowest BCUT2D eigenvalue weighted by Gasteiger charge is -2.25. The maximum atomic E-state index is 12.0. The van der Waals surface area contributed by atoms with Crippen LogP contribution in [0.2, 0.25) is 0 Å². The highest BCUT2D eigenvalue weighted by Gasteiger charge is 2.39. The van der Waals surface area contributed by atoms with Crippen molar-refractivity contribution >= 4 is 11.7 Å². The maximum absolute atomic E-state index is 12.0. The zero-order valence-corrected chi connectivity index (χ0v) is 8.62. The van der Waals surface area contributed by atoms with E-state index in [0.717, 1.165) is 25.7 Å². The van der Waals surface area contributed by atoms with Crippen LogP contribution in [0.25, 0.3) is 0 Å². The van der Waals surface area contributed by atoms with Gasteiger partial charge in [-0.25, -0.2) is 0 Å². The second-order valence-electron chi connectivity index (χ2n) is 4.12. The molecule has 0 atom stereocenters. The molecule has 1 aromatic rings. The number of nitrogens with two attached hydrogens (primary N) is 1. The summed E-state index contributed by atoms with van der Waals surface area (Å²) < 4.78 is 0. The Balaban J connectivity index is 2.06. The van der Waals surface area contributed by atoms with Crippen molar-refractivity contribution in [2.45, 2.75) is 25.7 Å². The summed E-state index contributed by atoms with van der Waals surface area (Å²) in [5.41, 5.74) is 5.36. The number of aromatic nitrogens is 2. The van der Waals surface area contributed by atoms with E-state index in [4.69, 9.17) is 5.73 Å². The number of nitrogens with one attached hydrogen (secondary N) is 2. The van der Waals surface area contributed by atoms with Gasteiger partial charge in [-0.15, -0.1) is 0 Å². The van der Waals surface area contributed by atoms with E-state index in [1.54, 1.807) is 12.3 Å². The van der Waals surface area contributed by atoms with E-state index >= 15 is 0 Å².